The van der Waals surface area contributed by atoms with E-state index >= 15 is 4.39 Å². The molecule has 2 fully saturated rings. The third-order valence-corrected chi connectivity index (χ3v) is 7.79. The fourth-order valence-electron chi connectivity index (χ4n) is 6.26. The van der Waals surface area contributed by atoms with Crippen molar-refractivity contribution in [3.63, 3.8) is 0 Å². The molecule has 2 saturated carbocycles. The molecular formula is C23H36F2. The summed E-state index contributed by atoms with van der Waals surface area (Å²) < 4.78 is 30.4. The summed E-state index contributed by atoms with van der Waals surface area (Å²) >= 11 is 0. The molecular weight excluding hydrogens is 314 g/mol. The lowest BCUT2D eigenvalue weighted by molar-refractivity contribution is -0.0494. The maximum absolute atomic E-state index is 15.8. The molecule has 2 unspecified atom stereocenters. The van der Waals surface area contributed by atoms with Crippen LogP contribution in [0.25, 0.3) is 0 Å². The van der Waals surface area contributed by atoms with Crippen LogP contribution in [0.1, 0.15) is 90.9 Å². The number of halogens is 2. The van der Waals surface area contributed by atoms with E-state index in [1.807, 2.05) is 13.0 Å². The molecule has 142 valence electrons. The first-order valence-corrected chi connectivity index (χ1v) is 10.8. The molecule has 0 nitrogen and oxygen atoms in total. The van der Waals surface area contributed by atoms with Gasteiger partial charge >= 0.3 is 0 Å². The van der Waals surface area contributed by atoms with Crippen molar-refractivity contribution >= 4 is 0 Å². The quantitative estimate of drug-likeness (QED) is 0.446. The molecule has 0 bridgehead atoms. The highest BCUT2D eigenvalue weighted by molar-refractivity contribution is 5.28. The van der Waals surface area contributed by atoms with Crippen LogP contribution in [0.4, 0.5) is 8.78 Å². The van der Waals surface area contributed by atoms with Gasteiger partial charge in [0, 0.05) is 5.92 Å². The Labute approximate surface area is 153 Å². The highest BCUT2D eigenvalue weighted by Crippen LogP contribution is 2.58. The SMILES string of the molecule is CCC[C@H]1CC[C@H](C2(C(C)C3(F)C=CCC=C3F)CCCCC2)CC1. The second kappa shape index (κ2) is 7.92. The van der Waals surface area contributed by atoms with Crippen molar-refractivity contribution in [1.82, 2.24) is 0 Å². The van der Waals surface area contributed by atoms with E-state index in [1.54, 1.807) is 0 Å². The second-order valence-corrected chi connectivity index (χ2v) is 8.98. The molecule has 0 N–H and O–H groups in total. The Morgan fingerprint density at radius 2 is 1.80 bits per heavy atom. The summed E-state index contributed by atoms with van der Waals surface area (Å²) in [5.74, 6) is 0.641. The Balaban J connectivity index is 1.83. The first-order valence-electron chi connectivity index (χ1n) is 10.8. The second-order valence-electron chi connectivity index (χ2n) is 8.98. The van der Waals surface area contributed by atoms with Gasteiger partial charge in [-0.1, -0.05) is 64.9 Å². The summed E-state index contributed by atoms with van der Waals surface area (Å²) in [5, 5.41) is 0. The van der Waals surface area contributed by atoms with Crippen LogP contribution in [0.15, 0.2) is 24.1 Å². The Morgan fingerprint density at radius 1 is 1.12 bits per heavy atom. The largest absolute Gasteiger partial charge is 0.231 e. The molecule has 2 heteroatoms. The Kier molecular flexibility index (Phi) is 6.06. The zero-order chi connectivity index (χ0) is 17.9. The van der Waals surface area contributed by atoms with Crippen molar-refractivity contribution in [1.29, 1.82) is 0 Å². The van der Waals surface area contributed by atoms with Crippen LogP contribution in [-0.4, -0.2) is 5.67 Å². The first-order chi connectivity index (χ1) is 12.0. The molecule has 0 amide bonds. The number of rotatable bonds is 5. The van der Waals surface area contributed by atoms with Gasteiger partial charge in [0.2, 0.25) is 0 Å². The van der Waals surface area contributed by atoms with Gasteiger partial charge in [-0.05, 0) is 61.5 Å². The van der Waals surface area contributed by atoms with E-state index < -0.39 is 11.5 Å². The van der Waals surface area contributed by atoms with Crippen LogP contribution in [-0.2, 0) is 0 Å². The van der Waals surface area contributed by atoms with Gasteiger partial charge < -0.3 is 0 Å². The molecule has 3 rings (SSSR count). The van der Waals surface area contributed by atoms with Crippen LogP contribution in [0.5, 0.6) is 0 Å². The van der Waals surface area contributed by atoms with Crippen LogP contribution in [0.2, 0.25) is 0 Å². The average molecular weight is 351 g/mol. The Bertz CT molecular complexity index is 492. The van der Waals surface area contributed by atoms with Gasteiger partial charge in [-0.15, -0.1) is 0 Å². The van der Waals surface area contributed by atoms with Crippen molar-refractivity contribution in [2.24, 2.45) is 23.2 Å². The van der Waals surface area contributed by atoms with Crippen molar-refractivity contribution in [2.45, 2.75) is 96.6 Å². The summed E-state index contributed by atoms with van der Waals surface area (Å²) in [6.07, 6.45) is 18.8. The van der Waals surface area contributed by atoms with E-state index in [0.717, 1.165) is 18.8 Å². The van der Waals surface area contributed by atoms with Crippen molar-refractivity contribution < 1.29 is 8.78 Å². The molecule has 0 aliphatic heterocycles. The summed E-state index contributed by atoms with van der Waals surface area (Å²) in [7, 11) is 0. The van der Waals surface area contributed by atoms with E-state index in [2.05, 4.69) is 6.92 Å². The number of alkyl halides is 1. The first kappa shape index (κ1) is 19.1. The topological polar surface area (TPSA) is 0 Å². The van der Waals surface area contributed by atoms with Crippen molar-refractivity contribution in [3.05, 3.63) is 24.1 Å². The number of hydrogen-bond acceptors (Lipinski definition) is 0. The molecule has 3 aliphatic carbocycles. The van der Waals surface area contributed by atoms with Gasteiger partial charge in [0.05, 0.1) is 0 Å². The van der Waals surface area contributed by atoms with E-state index in [0.29, 0.717) is 12.3 Å². The molecule has 0 radical (unpaired) electrons. The Hall–Kier alpha value is -0.660. The van der Waals surface area contributed by atoms with Gasteiger partial charge in [0.25, 0.3) is 0 Å². The fourth-order valence-corrected chi connectivity index (χ4v) is 6.26. The lowest BCUT2D eigenvalue weighted by Gasteiger charge is -2.53. The molecule has 0 saturated heterocycles. The molecule has 0 aromatic carbocycles. The van der Waals surface area contributed by atoms with Gasteiger partial charge in [0.15, 0.2) is 5.67 Å². The number of allylic oxidation sites excluding steroid dienone is 4. The third-order valence-electron chi connectivity index (χ3n) is 7.79. The van der Waals surface area contributed by atoms with Crippen LogP contribution in [0.3, 0.4) is 0 Å². The third kappa shape index (κ3) is 3.60. The lowest BCUT2D eigenvalue weighted by Crippen LogP contribution is -2.49. The zero-order valence-electron chi connectivity index (χ0n) is 16.2. The summed E-state index contributed by atoms with van der Waals surface area (Å²) in [5.41, 5.74) is -1.90. The van der Waals surface area contributed by atoms with Crippen LogP contribution >= 0.6 is 0 Å². The maximum Gasteiger partial charge on any atom is 0.182 e. The maximum atomic E-state index is 15.8. The van der Waals surface area contributed by atoms with Crippen LogP contribution in [0, 0.1) is 23.2 Å². The van der Waals surface area contributed by atoms with Gasteiger partial charge in [0.1, 0.15) is 5.83 Å². The van der Waals surface area contributed by atoms with Crippen LogP contribution < -0.4 is 0 Å². The molecule has 0 aromatic heterocycles. The highest BCUT2D eigenvalue weighted by atomic mass is 19.2. The molecule has 0 spiro atoms. The van der Waals surface area contributed by atoms with E-state index in [-0.39, 0.29) is 11.3 Å². The predicted molar refractivity (Wildman–Crippen MR) is 102 cm³/mol. The van der Waals surface area contributed by atoms with Gasteiger partial charge in [-0.3, -0.25) is 0 Å². The summed E-state index contributed by atoms with van der Waals surface area (Å²) in [6, 6.07) is 0. The van der Waals surface area contributed by atoms with E-state index in [4.69, 9.17) is 0 Å². The molecule has 25 heavy (non-hydrogen) atoms. The normalized spacial score (nSPS) is 36.7. The minimum atomic E-state index is -1.88. The molecule has 0 aromatic rings. The predicted octanol–water partition coefficient (Wildman–Crippen LogP) is 7.70. The standard InChI is InChI=1S/C23H36F2/c1-3-9-19-11-13-20(14-12-19)22(15-6-4-7-16-22)18(2)23(25)17-8-5-10-21(23)24/h8,10,17-20H,3-7,9,11-16H2,1-2H3/t18?,19-,20-,23?. The molecule has 2 atom stereocenters. The summed E-state index contributed by atoms with van der Waals surface area (Å²) in [6.45, 7) is 4.28. The van der Waals surface area contributed by atoms with Crippen molar-refractivity contribution in [3.8, 4) is 0 Å². The van der Waals surface area contributed by atoms with Gasteiger partial charge in [-0.2, -0.15) is 0 Å². The minimum Gasteiger partial charge on any atom is -0.231 e. The highest BCUT2D eigenvalue weighted by Gasteiger charge is 2.54. The Morgan fingerprint density at radius 3 is 2.40 bits per heavy atom. The van der Waals surface area contributed by atoms with Crippen molar-refractivity contribution in [2.75, 3.05) is 0 Å². The molecule has 3 aliphatic rings. The molecule has 0 heterocycles. The van der Waals surface area contributed by atoms with E-state index in [1.165, 1.54) is 69.9 Å². The zero-order valence-corrected chi connectivity index (χ0v) is 16.2. The smallest absolute Gasteiger partial charge is 0.182 e. The average Bonchev–Trinajstić information content (AvgIpc) is 2.65. The summed E-state index contributed by atoms with van der Waals surface area (Å²) in [4.78, 5) is 0. The minimum absolute atomic E-state index is 0.0168. The number of hydrogen-bond donors (Lipinski definition) is 0. The van der Waals surface area contributed by atoms with Gasteiger partial charge in [-0.25, -0.2) is 8.78 Å². The fraction of sp³-hybridized carbons (Fsp3) is 0.826. The van der Waals surface area contributed by atoms with E-state index in [9.17, 15) is 4.39 Å². The lowest BCUT2D eigenvalue weighted by atomic mass is 9.52. The monoisotopic (exact) mass is 350 g/mol.